The van der Waals surface area contributed by atoms with E-state index >= 15 is 0 Å². The molecule has 1 aliphatic rings. The lowest BCUT2D eigenvalue weighted by atomic mass is 9.84. The van der Waals surface area contributed by atoms with Crippen LogP contribution in [0, 0.1) is 0 Å². The van der Waals surface area contributed by atoms with E-state index < -0.39 is 7.12 Å². The Morgan fingerprint density at radius 2 is 1.90 bits per heavy atom. The van der Waals surface area contributed by atoms with Crippen molar-refractivity contribution in [2.75, 3.05) is 0 Å². The van der Waals surface area contributed by atoms with Crippen molar-refractivity contribution in [2.45, 2.75) is 52.4 Å². The van der Waals surface area contributed by atoms with E-state index in [1.165, 1.54) is 0 Å². The van der Waals surface area contributed by atoms with Crippen molar-refractivity contribution >= 4 is 24.0 Å². The van der Waals surface area contributed by atoms with E-state index in [2.05, 4.69) is 44.7 Å². The number of aryl methyl sites for hydroxylation is 1. The highest BCUT2D eigenvalue weighted by atomic mass is 32.1. The average molecular weight is 305 g/mol. The highest BCUT2D eigenvalue weighted by Gasteiger charge is 2.52. The first-order valence-electron chi connectivity index (χ1n) is 7.17. The third-order valence-electron chi connectivity index (χ3n) is 4.26. The Bertz CT molecular complexity index is 621. The molecule has 0 N–H and O–H groups in total. The van der Waals surface area contributed by atoms with Gasteiger partial charge >= 0.3 is 7.12 Å². The van der Waals surface area contributed by atoms with E-state index in [4.69, 9.17) is 9.31 Å². The maximum absolute atomic E-state index is 6.12. The molecule has 0 saturated carbocycles. The lowest BCUT2D eigenvalue weighted by Crippen LogP contribution is -2.41. The molecule has 5 nitrogen and oxygen atoms in total. The maximum atomic E-state index is 6.12. The van der Waals surface area contributed by atoms with Gasteiger partial charge in [-0.15, -0.1) is 11.3 Å². The molecule has 0 aromatic carbocycles. The number of hydrogen-bond acceptors (Lipinski definition) is 5. The van der Waals surface area contributed by atoms with E-state index in [0.717, 1.165) is 22.8 Å². The Hall–Kier alpha value is -1.18. The van der Waals surface area contributed by atoms with E-state index in [0.29, 0.717) is 0 Å². The monoisotopic (exact) mass is 305 g/mol. The summed E-state index contributed by atoms with van der Waals surface area (Å²) in [5.74, 6) is 0. The Labute approximate surface area is 129 Å². The molecule has 0 radical (unpaired) electrons. The van der Waals surface area contributed by atoms with Gasteiger partial charge in [0.2, 0.25) is 0 Å². The van der Waals surface area contributed by atoms with Crippen molar-refractivity contribution in [1.82, 2.24) is 14.8 Å². The van der Waals surface area contributed by atoms with Crippen LogP contribution >= 0.6 is 11.3 Å². The second-order valence-corrected chi connectivity index (χ2v) is 7.09. The molecule has 7 heteroatoms. The molecule has 1 fully saturated rings. The van der Waals surface area contributed by atoms with E-state index in [-0.39, 0.29) is 11.2 Å². The molecule has 3 rings (SSSR count). The van der Waals surface area contributed by atoms with Crippen LogP contribution in [-0.2, 0) is 15.9 Å². The number of nitrogens with zero attached hydrogens (tertiary/aromatic N) is 3. The number of thiazole rings is 1. The molecule has 112 valence electrons. The molecule has 0 aliphatic carbocycles. The summed E-state index contributed by atoms with van der Waals surface area (Å²) in [5.41, 5.74) is 1.13. The van der Waals surface area contributed by atoms with Crippen molar-refractivity contribution in [3.63, 3.8) is 0 Å². The fourth-order valence-corrected chi connectivity index (χ4v) is 2.89. The minimum atomic E-state index is -0.392. The minimum absolute atomic E-state index is 0.345. The molecule has 2 aromatic heterocycles. The maximum Gasteiger partial charge on any atom is 0.514 e. The largest absolute Gasteiger partial charge is 0.514 e. The summed E-state index contributed by atoms with van der Waals surface area (Å²) in [7, 11) is -0.392. The molecular weight excluding hydrogens is 285 g/mol. The molecule has 0 atom stereocenters. The molecular formula is C14H20BN3O2S. The normalized spacial score (nSPS) is 20.1. The van der Waals surface area contributed by atoms with Crippen LogP contribution in [-0.4, -0.2) is 33.1 Å². The summed E-state index contributed by atoms with van der Waals surface area (Å²) in [5, 5.41) is 7.49. The average Bonchev–Trinajstić information content (AvgIpc) is 3.08. The first-order valence-corrected chi connectivity index (χ1v) is 8.05. The molecule has 0 unspecified atom stereocenters. The van der Waals surface area contributed by atoms with Gasteiger partial charge in [-0.05, 0) is 40.7 Å². The molecule has 21 heavy (non-hydrogen) atoms. The predicted molar refractivity (Wildman–Crippen MR) is 84.7 cm³/mol. The SMILES string of the molecule is CCn1nc(-c2nccs2)cc1B1OC(C)(C)C(C)(C)O1. The topological polar surface area (TPSA) is 49.2 Å². The van der Waals surface area contributed by atoms with Crippen molar-refractivity contribution < 1.29 is 9.31 Å². The highest BCUT2D eigenvalue weighted by Crippen LogP contribution is 2.36. The second kappa shape index (κ2) is 4.93. The predicted octanol–water partition coefficient (Wildman–Crippen LogP) is 2.33. The molecule has 0 bridgehead atoms. The van der Waals surface area contributed by atoms with Crippen LogP contribution in [0.15, 0.2) is 17.6 Å². The molecule has 1 saturated heterocycles. The zero-order valence-electron chi connectivity index (χ0n) is 13.1. The van der Waals surface area contributed by atoms with Gasteiger partial charge < -0.3 is 9.31 Å². The van der Waals surface area contributed by atoms with Crippen molar-refractivity contribution in [2.24, 2.45) is 0 Å². The molecule has 0 amide bonds. The van der Waals surface area contributed by atoms with E-state index in [1.807, 2.05) is 16.1 Å². The van der Waals surface area contributed by atoms with Crippen LogP contribution in [0.5, 0.6) is 0 Å². The summed E-state index contributed by atoms with van der Waals surface area (Å²) in [6, 6.07) is 2.02. The smallest absolute Gasteiger partial charge is 0.398 e. The number of hydrogen-bond donors (Lipinski definition) is 0. The van der Waals surface area contributed by atoms with Gasteiger partial charge in [-0.1, -0.05) is 0 Å². The fraction of sp³-hybridized carbons (Fsp3) is 0.571. The molecule has 1 aliphatic heterocycles. The first kappa shape index (κ1) is 14.7. The van der Waals surface area contributed by atoms with Gasteiger partial charge in [0.1, 0.15) is 10.7 Å². The van der Waals surface area contributed by atoms with E-state index in [9.17, 15) is 0 Å². The minimum Gasteiger partial charge on any atom is -0.398 e. The van der Waals surface area contributed by atoms with Crippen molar-refractivity contribution in [1.29, 1.82) is 0 Å². The fourth-order valence-electron chi connectivity index (χ4n) is 2.29. The Morgan fingerprint density at radius 1 is 1.24 bits per heavy atom. The number of aromatic nitrogens is 3. The summed E-state index contributed by atoms with van der Waals surface area (Å²) >= 11 is 1.58. The van der Waals surface area contributed by atoms with Gasteiger partial charge in [-0.25, -0.2) is 4.98 Å². The van der Waals surface area contributed by atoms with Crippen molar-refractivity contribution in [3.8, 4) is 10.7 Å². The van der Waals surface area contributed by atoms with Gasteiger partial charge in [0, 0.05) is 18.1 Å². The molecule has 3 heterocycles. The van der Waals surface area contributed by atoms with Crippen LogP contribution in [0.2, 0.25) is 0 Å². The Balaban J connectivity index is 1.96. The van der Waals surface area contributed by atoms with Gasteiger partial charge in [0.25, 0.3) is 0 Å². The molecule has 2 aromatic rings. The second-order valence-electron chi connectivity index (χ2n) is 6.20. The van der Waals surface area contributed by atoms with Gasteiger partial charge in [-0.2, -0.15) is 5.10 Å². The lowest BCUT2D eigenvalue weighted by Gasteiger charge is -2.32. The van der Waals surface area contributed by atoms with E-state index in [1.54, 1.807) is 17.5 Å². The summed E-state index contributed by atoms with van der Waals surface area (Å²) in [6.45, 7) is 11.1. The van der Waals surface area contributed by atoms with Crippen LogP contribution in [0.1, 0.15) is 34.6 Å². The van der Waals surface area contributed by atoms with Crippen molar-refractivity contribution in [3.05, 3.63) is 17.6 Å². The van der Waals surface area contributed by atoms with Crippen LogP contribution in [0.4, 0.5) is 0 Å². The van der Waals surface area contributed by atoms with Crippen LogP contribution < -0.4 is 5.59 Å². The lowest BCUT2D eigenvalue weighted by molar-refractivity contribution is 0.00578. The van der Waals surface area contributed by atoms with Gasteiger partial charge in [0.05, 0.1) is 16.8 Å². The third kappa shape index (κ3) is 2.43. The first-order chi connectivity index (χ1) is 9.84. The van der Waals surface area contributed by atoms with Crippen LogP contribution in [0.3, 0.4) is 0 Å². The Morgan fingerprint density at radius 3 is 2.43 bits per heavy atom. The standard InChI is InChI=1S/C14H20BN3O2S/c1-6-18-11(9-10(17-18)12-16-7-8-21-12)15-19-13(2,3)14(4,5)20-15/h7-9H,6H2,1-5H3. The zero-order chi connectivity index (χ0) is 15.3. The summed E-state index contributed by atoms with van der Waals surface area (Å²) in [6.07, 6.45) is 1.79. The highest BCUT2D eigenvalue weighted by molar-refractivity contribution is 7.13. The van der Waals surface area contributed by atoms with Gasteiger partial charge in [-0.3, -0.25) is 4.68 Å². The van der Waals surface area contributed by atoms with Gasteiger partial charge in [0.15, 0.2) is 0 Å². The Kier molecular flexibility index (Phi) is 3.46. The zero-order valence-corrected chi connectivity index (χ0v) is 13.9. The van der Waals surface area contributed by atoms with Crippen LogP contribution in [0.25, 0.3) is 10.7 Å². The molecule has 0 spiro atoms. The summed E-state index contributed by atoms with van der Waals surface area (Å²) in [4.78, 5) is 4.32. The quantitative estimate of drug-likeness (QED) is 0.817. The third-order valence-corrected chi connectivity index (χ3v) is 5.05. The summed E-state index contributed by atoms with van der Waals surface area (Å²) < 4.78 is 14.2. The number of rotatable bonds is 3.